The van der Waals surface area contributed by atoms with E-state index in [0.29, 0.717) is 24.2 Å². The van der Waals surface area contributed by atoms with Crippen molar-refractivity contribution in [3.05, 3.63) is 81.3 Å². The predicted octanol–water partition coefficient (Wildman–Crippen LogP) is 4.03. The number of nitrogens with zero attached hydrogens (tertiary/aromatic N) is 3. The van der Waals surface area contributed by atoms with Gasteiger partial charge in [-0.1, -0.05) is 24.3 Å². The molecule has 0 bridgehead atoms. The zero-order valence-electron chi connectivity index (χ0n) is 20.0. The summed E-state index contributed by atoms with van der Waals surface area (Å²) in [5, 5.41) is 1.68. The second-order valence-corrected chi connectivity index (χ2v) is 9.80. The van der Waals surface area contributed by atoms with Crippen LogP contribution in [0.15, 0.2) is 53.3 Å². The molecule has 0 radical (unpaired) electrons. The van der Waals surface area contributed by atoms with Crippen LogP contribution in [0.1, 0.15) is 50.7 Å². The Labute approximate surface area is 202 Å². The molecule has 1 N–H and O–H groups in total. The first-order valence-corrected chi connectivity index (χ1v) is 12.2. The highest BCUT2D eigenvalue weighted by atomic mass is 16.2. The molecule has 1 aromatic heterocycles. The lowest BCUT2D eigenvalue weighted by Crippen LogP contribution is -2.46. The fourth-order valence-electron chi connectivity index (χ4n) is 5.67. The van der Waals surface area contributed by atoms with Crippen LogP contribution >= 0.6 is 0 Å². The van der Waals surface area contributed by atoms with E-state index in [-0.39, 0.29) is 23.5 Å². The Morgan fingerprint density at radius 2 is 1.49 bits per heavy atom. The zero-order chi connectivity index (χ0) is 24.3. The second kappa shape index (κ2) is 8.20. The summed E-state index contributed by atoms with van der Waals surface area (Å²) in [6, 6.07) is 15.5. The molecular formula is C28H28N4O3. The maximum atomic E-state index is 13.2. The number of hydrogen-bond donors (Lipinski definition) is 1. The minimum atomic E-state index is -0.217. The van der Waals surface area contributed by atoms with Crippen LogP contribution < -0.4 is 5.69 Å². The summed E-state index contributed by atoms with van der Waals surface area (Å²) in [6.07, 6.45) is 1.70. The molecule has 0 atom stereocenters. The van der Waals surface area contributed by atoms with Gasteiger partial charge in [0.05, 0.1) is 11.0 Å². The molecule has 1 saturated heterocycles. The van der Waals surface area contributed by atoms with Crippen LogP contribution in [0.4, 0.5) is 0 Å². The van der Waals surface area contributed by atoms with Gasteiger partial charge in [-0.2, -0.15) is 0 Å². The minimum Gasteiger partial charge on any atom is -0.306 e. The summed E-state index contributed by atoms with van der Waals surface area (Å²) in [7, 11) is 0. The number of aryl methyl sites for hydroxylation is 2. The third kappa shape index (κ3) is 3.49. The number of carbonyl (C=O) groups is 2. The summed E-state index contributed by atoms with van der Waals surface area (Å²) in [6.45, 7) is 6.75. The van der Waals surface area contributed by atoms with Crippen molar-refractivity contribution in [2.45, 2.75) is 32.7 Å². The molecule has 0 saturated carbocycles. The van der Waals surface area contributed by atoms with Crippen molar-refractivity contribution in [1.29, 1.82) is 0 Å². The molecule has 2 amide bonds. The van der Waals surface area contributed by atoms with Crippen molar-refractivity contribution in [3.63, 3.8) is 0 Å². The van der Waals surface area contributed by atoms with Crippen molar-refractivity contribution in [1.82, 2.24) is 19.4 Å². The van der Waals surface area contributed by atoms with Gasteiger partial charge in [0, 0.05) is 48.7 Å². The van der Waals surface area contributed by atoms with E-state index >= 15 is 0 Å². The van der Waals surface area contributed by atoms with Crippen molar-refractivity contribution in [2.24, 2.45) is 0 Å². The number of aromatic amines is 1. The molecule has 7 heteroatoms. The Bertz CT molecular complexity index is 1510. The number of imide groups is 1. The van der Waals surface area contributed by atoms with Crippen LogP contribution in [-0.4, -0.2) is 57.3 Å². The molecule has 3 heterocycles. The van der Waals surface area contributed by atoms with Crippen molar-refractivity contribution >= 4 is 33.6 Å². The van der Waals surface area contributed by atoms with E-state index in [9.17, 15) is 14.4 Å². The van der Waals surface area contributed by atoms with Crippen LogP contribution in [0.25, 0.3) is 21.8 Å². The van der Waals surface area contributed by atoms with Gasteiger partial charge >= 0.3 is 5.69 Å². The molecule has 6 rings (SSSR count). The Morgan fingerprint density at radius 3 is 2.14 bits per heavy atom. The zero-order valence-corrected chi connectivity index (χ0v) is 20.0. The average Bonchev–Trinajstić information content (AvgIpc) is 3.17. The standard InChI is InChI=1S/C28H28N4O3/c1-17-15-23-24(16-18(17)2)32(28(35)29-23)20-9-11-30(12-10-20)13-14-31-26(33)21-7-3-5-19-6-4-8-22(25(19)21)27(31)34/h3-8,15-16,20H,9-14H2,1-2H3,(H,29,35). The fraction of sp³-hybridized carbons (Fsp3) is 0.321. The third-order valence-electron chi connectivity index (χ3n) is 7.75. The lowest BCUT2D eigenvalue weighted by Gasteiger charge is -2.34. The van der Waals surface area contributed by atoms with E-state index in [0.717, 1.165) is 47.7 Å². The molecule has 4 aromatic rings. The van der Waals surface area contributed by atoms with Crippen LogP contribution in [-0.2, 0) is 0 Å². The molecule has 178 valence electrons. The second-order valence-electron chi connectivity index (χ2n) is 9.80. The van der Waals surface area contributed by atoms with Gasteiger partial charge in [-0.05, 0) is 67.5 Å². The molecule has 3 aromatic carbocycles. The lowest BCUT2D eigenvalue weighted by molar-refractivity contribution is 0.0583. The van der Waals surface area contributed by atoms with E-state index < -0.39 is 0 Å². The van der Waals surface area contributed by atoms with E-state index in [2.05, 4.69) is 29.8 Å². The Hall–Kier alpha value is -3.71. The van der Waals surface area contributed by atoms with Gasteiger partial charge < -0.3 is 9.88 Å². The maximum absolute atomic E-state index is 13.2. The molecule has 0 spiro atoms. The van der Waals surface area contributed by atoms with E-state index in [1.54, 1.807) is 12.1 Å². The van der Waals surface area contributed by atoms with Gasteiger partial charge in [0.2, 0.25) is 0 Å². The van der Waals surface area contributed by atoms with Crippen molar-refractivity contribution in [3.8, 4) is 0 Å². The average molecular weight is 469 g/mol. The van der Waals surface area contributed by atoms with Crippen LogP contribution in [0, 0.1) is 13.8 Å². The fourth-order valence-corrected chi connectivity index (χ4v) is 5.67. The van der Waals surface area contributed by atoms with E-state index in [4.69, 9.17) is 0 Å². The number of amides is 2. The smallest absolute Gasteiger partial charge is 0.306 e. The highest BCUT2D eigenvalue weighted by Gasteiger charge is 2.33. The number of aromatic nitrogens is 2. The third-order valence-corrected chi connectivity index (χ3v) is 7.75. The summed E-state index contributed by atoms with van der Waals surface area (Å²) in [5.41, 5.74) is 5.34. The first-order valence-electron chi connectivity index (χ1n) is 12.2. The largest absolute Gasteiger partial charge is 0.326 e. The summed E-state index contributed by atoms with van der Waals surface area (Å²) < 4.78 is 1.91. The first kappa shape index (κ1) is 21.8. The molecule has 35 heavy (non-hydrogen) atoms. The monoisotopic (exact) mass is 468 g/mol. The van der Waals surface area contributed by atoms with Gasteiger partial charge in [0.1, 0.15) is 0 Å². The lowest BCUT2D eigenvalue weighted by atomic mass is 9.94. The SMILES string of the molecule is Cc1cc2[nH]c(=O)n(C3CCN(CCN4C(=O)c5cccc6cccc(c56)C4=O)CC3)c2cc1C. The number of H-pyrrole nitrogens is 1. The minimum absolute atomic E-state index is 0.0548. The first-order chi connectivity index (χ1) is 16.9. The van der Waals surface area contributed by atoms with Crippen LogP contribution in [0.5, 0.6) is 0 Å². The van der Waals surface area contributed by atoms with Gasteiger partial charge in [0.25, 0.3) is 11.8 Å². The van der Waals surface area contributed by atoms with E-state index in [1.165, 1.54) is 16.0 Å². The molecule has 1 fully saturated rings. The van der Waals surface area contributed by atoms with Crippen molar-refractivity contribution < 1.29 is 9.59 Å². The number of fused-ring (bicyclic) bond motifs is 1. The number of carbonyl (C=O) groups excluding carboxylic acids is 2. The number of nitrogens with one attached hydrogen (secondary N) is 1. The van der Waals surface area contributed by atoms with Crippen molar-refractivity contribution in [2.75, 3.05) is 26.2 Å². The number of likely N-dealkylation sites (tertiary alicyclic amines) is 1. The molecular weight excluding hydrogens is 440 g/mol. The quantitative estimate of drug-likeness (QED) is 0.459. The maximum Gasteiger partial charge on any atom is 0.326 e. The summed E-state index contributed by atoms with van der Waals surface area (Å²) in [4.78, 5) is 45.7. The molecule has 0 unspecified atom stereocenters. The molecule has 7 nitrogen and oxygen atoms in total. The van der Waals surface area contributed by atoms with Gasteiger partial charge in [-0.15, -0.1) is 0 Å². The number of hydrogen-bond acceptors (Lipinski definition) is 4. The number of piperidine rings is 1. The number of imidazole rings is 1. The van der Waals surface area contributed by atoms with Gasteiger partial charge in [0.15, 0.2) is 0 Å². The molecule has 2 aliphatic rings. The molecule has 2 aliphatic heterocycles. The normalized spacial score (nSPS) is 17.1. The van der Waals surface area contributed by atoms with E-state index in [1.807, 2.05) is 34.9 Å². The number of rotatable bonds is 4. The topological polar surface area (TPSA) is 78.4 Å². The van der Waals surface area contributed by atoms with Crippen LogP contribution in [0.2, 0.25) is 0 Å². The Kier molecular flexibility index (Phi) is 5.11. The number of benzene rings is 3. The summed E-state index contributed by atoms with van der Waals surface area (Å²) >= 11 is 0. The van der Waals surface area contributed by atoms with Gasteiger partial charge in [-0.3, -0.25) is 19.1 Å². The van der Waals surface area contributed by atoms with Gasteiger partial charge in [-0.25, -0.2) is 4.79 Å². The highest BCUT2D eigenvalue weighted by molar-refractivity contribution is 6.25. The van der Waals surface area contributed by atoms with Crippen LogP contribution in [0.3, 0.4) is 0 Å². The highest BCUT2D eigenvalue weighted by Crippen LogP contribution is 2.30. The molecule has 0 aliphatic carbocycles. The summed E-state index contributed by atoms with van der Waals surface area (Å²) in [5.74, 6) is -0.435. The Morgan fingerprint density at radius 1 is 0.857 bits per heavy atom. The Balaban J connectivity index is 1.15. The predicted molar refractivity (Wildman–Crippen MR) is 136 cm³/mol.